The number of halogens is 4. The molecule has 0 fully saturated rings. The summed E-state index contributed by atoms with van der Waals surface area (Å²) in [6, 6.07) is 6.49. The summed E-state index contributed by atoms with van der Waals surface area (Å²) in [6.45, 7) is 2.02. The molecule has 2 heterocycles. The lowest BCUT2D eigenvalue weighted by atomic mass is 10.2. The summed E-state index contributed by atoms with van der Waals surface area (Å²) in [5.41, 5.74) is -0.980. The predicted octanol–water partition coefficient (Wildman–Crippen LogP) is 4.75. The largest absolute Gasteiger partial charge is 0.416 e. The van der Waals surface area contributed by atoms with Gasteiger partial charge in [0.2, 0.25) is 11.1 Å². The molecule has 0 spiro atoms. The smallest absolute Gasteiger partial charge is 0.324 e. The first-order valence-electron chi connectivity index (χ1n) is 8.67. The Kier molecular flexibility index (Phi) is 6.53. The van der Waals surface area contributed by atoms with Gasteiger partial charge < -0.3 is 5.32 Å². The van der Waals surface area contributed by atoms with E-state index in [1.54, 1.807) is 9.35 Å². The third kappa shape index (κ3) is 5.13. The molecule has 3 aromatic rings. The molecule has 29 heavy (non-hydrogen) atoms. The van der Waals surface area contributed by atoms with E-state index in [-0.39, 0.29) is 16.5 Å². The van der Waals surface area contributed by atoms with Gasteiger partial charge in [0.25, 0.3) is 0 Å². The fourth-order valence-corrected chi connectivity index (χ4v) is 3.49. The second kappa shape index (κ2) is 8.91. The van der Waals surface area contributed by atoms with Crippen molar-refractivity contribution in [3.8, 4) is 0 Å². The van der Waals surface area contributed by atoms with Crippen molar-refractivity contribution in [2.45, 2.75) is 31.1 Å². The molecule has 11 heteroatoms. The summed E-state index contributed by atoms with van der Waals surface area (Å²) in [5.74, 6) is 0.167. The average molecular weight is 444 g/mol. The van der Waals surface area contributed by atoms with Gasteiger partial charge >= 0.3 is 6.18 Å². The van der Waals surface area contributed by atoms with E-state index < -0.39 is 17.6 Å². The fraction of sp³-hybridized carbons (Fsp3) is 0.278. The zero-order valence-electron chi connectivity index (χ0n) is 15.3. The number of amides is 1. The number of alkyl halides is 3. The van der Waals surface area contributed by atoms with E-state index in [0.29, 0.717) is 11.6 Å². The van der Waals surface area contributed by atoms with E-state index in [9.17, 15) is 18.0 Å². The molecule has 0 radical (unpaired) electrons. The first kappa shape index (κ1) is 21.3. The maximum atomic E-state index is 12.9. The normalized spacial score (nSPS) is 11.6. The molecule has 1 amide bonds. The maximum absolute atomic E-state index is 12.9. The van der Waals surface area contributed by atoms with Crippen molar-refractivity contribution in [1.82, 2.24) is 19.5 Å². The third-order valence-corrected chi connectivity index (χ3v) is 5.12. The van der Waals surface area contributed by atoms with Crippen LogP contribution in [0.3, 0.4) is 0 Å². The Morgan fingerprint density at radius 2 is 1.97 bits per heavy atom. The molecule has 0 bridgehead atoms. The number of anilines is 1. The number of rotatable bonds is 7. The Labute approximate surface area is 174 Å². The second-order valence-electron chi connectivity index (χ2n) is 6.05. The number of nitrogens with one attached hydrogen (secondary N) is 1. The number of nitrogens with zero attached hydrogens (tertiary/aromatic N) is 4. The van der Waals surface area contributed by atoms with Crippen LogP contribution in [0.5, 0.6) is 0 Å². The lowest BCUT2D eigenvalue weighted by Gasteiger charge is -2.12. The SMILES string of the molecule is CCCc1nnc(SCC(=O)Nc2cc(C(F)(F)F)ccc2Cl)n1-n1cccc1. The van der Waals surface area contributed by atoms with Crippen molar-refractivity contribution in [3.05, 3.63) is 59.1 Å². The van der Waals surface area contributed by atoms with Crippen molar-refractivity contribution < 1.29 is 18.0 Å². The summed E-state index contributed by atoms with van der Waals surface area (Å²) in [5, 5.41) is 11.2. The summed E-state index contributed by atoms with van der Waals surface area (Å²) >= 11 is 7.05. The van der Waals surface area contributed by atoms with Crippen molar-refractivity contribution in [2.75, 3.05) is 11.1 Å². The minimum absolute atomic E-state index is 0.0251. The molecular weight excluding hydrogens is 427 g/mol. The number of hydrogen-bond acceptors (Lipinski definition) is 4. The highest BCUT2D eigenvalue weighted by atomic mass is 35.5. The van der Waals surface area contributed by atoms with E-state index in [4.69, 9.17) is 11.6 Å². The Hall–Kier alpha value is -2.46. The van der Waals surface area contributed by atoms with Crippen molar-refractivity contribution >= 4 is 35.0 Å². The number of hydrogen-bond donors (Lipinski definition) is 1. The van der Waals surface area contributed by atoms with Crippen molar-refractivity contribution in [2.24, 2.45) is 0 Å². The third-order valence-electron chi connectivity index (χ3n) is 3.87. The van der Waals surface area contributed by atoms with E-state index in [0.717, 1.165) is 42.2 Å². The van der Waals surface area contributed by atoms with Crippen molar-refractivity contribution in [3.63, 3.8) is 0 Å². The summed E-state index contributed by atoms with van der Waals surface area (Å²) < 4.78 is 42.2. The zero-order chi connectivity index (χ0) is 21.0. The van der Waals surface area contributed by atoms with Crippen molar-refractivity contribution in [1.29, 1.82) is 0 Å². The quantitative estimate of drug-likeness (QED) is 0.535. The standard InChI is InChI=1S/C18H17ClF3N5OS/c1-2-5-15-24-25-17(27(15)26-8-3-4-9-26)29-11-16(28)23-14-10-12(18(20,21)22)6-7-13(14)19/h3-4,6-10H,2,5,11H2,1H3,(H,23,28). The van der Waals surface area contributed by atoms with E-state index >= 15 is 0 Å². The predicted molar refractivity (Wildman–Crippen MR) is 105 cm³/mol. The van der Waals surface area contributed by atoms with E-state index in [1.807, 2.05) is 31.5 Å². The monoisotopic (exact) mass is 443 g/mol. The van der Waals surface area contributed by atoms with Crippen LogP contribution in [0, 0.1) is 0 Å². The van der Waals surface area contributed by atoms with Crippen LogP contribution in [-0.2, 0) is 17.4 Å². The molecule has 3 rings (SSSR count). The molecule has 0 unspecified atom stereocenters. The number of benzene rings is 1. The lowest BCUT2D eigenvalue weighted by Crippen LogP contribution is -2.17. The van der Waals surface area contributed by atoms with Crippen LogP contribution in [0.15, 0.2) is 47.9 Å². The number of carbonyl (C=O) groups excluding carboxylic acids is 1. The van der Waals surface area contributed by atoms with Gasteiger partial charge in [-0.1, -0.05) is 30.3 Å². The Balaban J connectivity index is 1.72. The zero-order valence-corrected chi connectivity index (χ0v) is 16.9. The van der Waals surface area contributed by atoms with Gasteiger partial charge in [-0.2, -0.15) is 13.2 Å². The summed E-state index contributed by atoms with van der Waals surface area (Å²) in [4.78, 5) is 12.3. The lowest BCUT2D eigenvalue weighted by molar-refractivity contribution is -0.137. The fourth-order valence-electron chi connectivity index (χ4n) is 2.57. The molecule has 1 aromatic carbocycles. The van der Waals surface area contributed by atoms with Gasteiger partial charge in [0.05, 0.1) is 22.0 Å². The average Bonchev–Trinajstić information content (AvgIpc) is 3.30. The van der Waals surface area contributed by atoms with Crippen LogP contribution in [-0.4, -0.2) is 31.2 Å². The molecule has 0 aliphatic rings. The Morgan fingerprint density at radius 1 is 1.24 bits per heavy atom. The Bertz CT molecular complexity index is 988. The first-order valence-corrected chi connectivity index (χ1v) is 10.0. The number of carbonyl (C=O) groups is 1. The van der Waals surface area contributed by atoms with Crippen LogP contribution in [0.25, 0.3) is 0 Å². The number of aryl methyl sites for hydroxylation is 1. The molecule has 0 aliphatic heterocycles. The topological polar surface area (TPSA) is 64.7 Å². The van der Waals surface area contributed by atoms with Crippen LogP contribution in [0.4, 0.5) is 18.9 Å². The van der Waals surface area contributed by atoms with Gasteiger partial charge in [-0.15, -0.1) is 10.2 Å². The van der Waals surface area contributed by atoms with Crippen LogP contribution in [0.2, 0.25) is 5.02 Å². The molecule has 2 aromatic heterocycles. The molecule has 0 saturated heterocycles. The highest BCUT2D eigenvalue weighted by molar-refractivity contribution is 7.99. The Morgan fingerprint density at radius 3 is 2.62 bits per heavy atom. The molecule has 0 atom stereocenters. The molecular formula is C18H17ClF3N5OS. The molecule has 154 valence electrons. The summed E-state index contributed by atoms with van der Waals surface area (Å²) in [7, 11) is 0. The van der Waals surface area contributed by atoms with Gasteiger partial charge in [-0.05, 0) is 36.8 Å². The van der Waals surface area contributed by atoms with E-state index in [2.05, 4.69) is 15.5 Å². The highest BCUT2D eigenvalue weighted by Gasteiger charge is 2.31. The van der Waals surface area contributed by atoms with Gasteiger partial charge in [0.1, 0.15) is 0 Å². The van der Waals surface area contributed by atoms with Gasteiger partial charge in [0, 0.05) is 18.8 Å². The molecule has 0 aliphatic carbocycles. The molecule has 0 saturated carbocycles. The minimum Gasteiger partial charge on any atom is -0.324 e. The van der Waals surface area contributed by atoms with E-state index in [1.165, 1.54) is 0 Å². The maximum Gasteiger partial charge on any atom is 0.416 e. The second-order valence-corrected chi connectivity index (χ2v) is 7.40. The molecule has 6 nitrogen and oxygen atoms in total. The minimum atomic E-state index is -4.53. The van der Waals surface area contributed by atoms with Crippen LogP contribution in [0.1, 0.15) is 24.7 Å². The van der Waals surface area contributed by atoms with Gasteiger partial charge in [-0.3, -0.25) is 9.47 Å². The van der Waals surface area contributed by atoms with Crippen LogP contribution >= 0.6 is 23.4 Å². The summed E-state index contributed by atoms with van der Waals surface area (Å²) in [6.07, 6.45) is 0.710. The van der Waals surface area contributed by atoms with Gasteiger partial charge in [0.15, 0.2) is 5.82 Å². The van der Waals surface area contributed by atoms with Crippen LogP contribution < -0.4 is 5.32 Å². The molecule has 1 N–H and O–H groups in total. The first-order chi connectivity index (χ1) is 13.8. The van der Waals surface area contributed by atoms with Gasteiger partial charge in [-0.25, -0.2) is 4.68 Å². The number of thioether (sulfide) groups is 1. The highest BCUT2D eigenvalue weighted by Crippen LogP contribution is 2.34. The number of aromatic nitrogens is 4.